The van der Waals surface area contributed by atoms with Crippen molar-refractivity contribution in [1.82, 2.24) is 34.4 Å². The normalized spacial score (nSPS) is 11.4. The van der Waals surface area contributed by atoms with Gasteiger partial charge in [-0.05, 0) is 188 Å². The zero-order chi connectivity index (χ0) is 64.8. The largest absolute Gasteiger partial charge is 1.00 e. The van der Waals surface area contributed by atoms with Crippen molar-refractivity contribution in [1.29, 1.82) is 0 Å². The van der Waals surface area contributed by atoms with Gasteiger partial charge >= 0.3 is 18.9 Å². The molecule has 0 aliphatic rings. The van der Waals surface area contributed by atoms with Gasteiger partial charge in [-0.2, -0.15) is 0 Å². The van der Waals surface area contributed by atoms with Gasteiger partial charge in [0.2, 0.25) is 20.0 Å². The molecule has 3 N–H and O–H groups in total. The monoisotopic (exact) mass is 1290 g/mol. The van der Waals surface area contributed by atoms with Crippen molar-refractivity contribution in [3.63, 3.8) is 0 Å². The Morgan fingerprint density at radius 2 is 0.682 bits per heavy atom. The Balaban J connectivity index is 0.000000200. The Hall–Kier alpha value is -7.24. The molecule has 88 heavy (non-hydrogen) atoms. The molecule has 5 heterocycles. The van der Waals surface area contributed by atoms with Crippen LogP contribution in [0, 0.1) is 76.2 Å². The number of pyridine rings is 5. The number of fused-ring (bicyclic) bond motifs is 5. The van der Waals surface area contributed by atoms with Crippen molar-refractivity contribution in [3.05, 3.63) is 153 Å². The number of phenols is 1. The number of aryl methyl sites for hydroxylation is 11. The third-order valence-corrected chi connectivity index (χ3v) is 18.7. The molecule has 0 spiro atoms. The summed E-state index contributed by atoms with van der Waals surface area (Å²) in [6, 6.07) is 27.4. The van der Waals surface area contributed by atoms with Crippen LogP contribution in [0.1, 0.15) is 61.9 Å². The smallest absolute Gasteiger partial charge is 0.504 e. The Bertz CT molecular complexity index is 4760. The first kappa shape index (κ1) is 71.5. The van der Waals surface area contributed by atoms with Gasteiger partial charge < -0.3 is 32.5 Å². The van der Waals surface area contributed by atoms with E-state index in [1.54, 1.807) is 33.1 Å². The molecule has 0 amide bonds. The fourth-order valence-electron chi connectivity index (χ4n) is 9.51. The molecule has 26 heteroatoms. The zero-order valence-corrected chi connectivity index (χ0v) is 56.3. The van der Waals surface area contributed by atoms with E-state index in [1.165, 1.54) is 58.5 Å². The Morgan fingerprint density at radius 1 is 0.398 bits per heavy atom. The number of nitrogens with zero attached hydrogens (tertiary/aromatic N) is 5. The Kier molecular flexibility index (Phi) is 23.9. The van der Waals surface area contributed by atoms with Crippen molar-refractivity contribution < 1.29 is 76.6 Å². The van der Waals surface area contributed by atoms with Crippen LogP contribution in [-0.2, 0) is 48.2 Å². The second kappa shape index (κ2) is 29.4. The fraction of sp³-hybridized carbons (Fsp3) is 0.274. The van der Waals surface area contributed by atoms with Gasteiger partial charge in [-0.15, -0.1) is 0 Å². The van der Waals surface area contributed by atoms with Crippen LogP contribution >= 0.6 is 10.7 Å². The molecule has 10 rings (SSSR count). The number of methoxy groups -OCH3 is 4. The number of benzene rings is 5. The van der Waals surface area contributed by atoms with Crippen LogP contribution in [0.15, 0.2) is 111 Å². The summed E-state index contributed by atoms with van der Waals surface area (Å²) >= 11 is 0. The van der Waals surface area contributed by atoms with Gasteiger partial charge in [0.25, 0.3) is 9.05 Å². The quantitative estimate of drug-likeness (QED) is 0.0655. The van der Waals surface area contributed by atoms with Gasteiger partial charge in [0.05, 0.1) is 28.4 Å². The molecule has 20 nitrogen and oxygen atoms in total. The van der Waals surface area contributed by atoms with E-state index >= 15 is 0 Å². The molecular formula is C62H69ClLiN7O13S4. The minimum atomic E-state index is -3.87. The van der Waals surface area contributed by atoms with E-state index in [1.807, 2.05) is 103 Å². The molecular weight excluding hydrogens is 1220 g/mol. The predicted octanol–water partition coefficient (Wildman–Crippen LogP) is 8.72. The van der Waals surface area contributed by atoms with Crippen LogP contribution in [-0.4, -0.2) is 97.8 Å². The second-order valence-electron chi connectivity index (χ2n) is 20.1. The first-order chi connectivity index (χ1) is 40.8. The summed E-state index contributed by atoms with van der Waals surface area (Å²) in [7, 11) is 0.618. The number of rotatable bonds is 10. The maximum Gasteiger partial charge on any atom is 1.00 e. The van der Waals surface area contributed by atoms with Crippen molar-refractivity contribution >= 4 is 105 Å². The Morgan fingerprint density at radius 3 is 1.03 bits per heavy atom. The first-order valence-corrected chi connectivity index (χ1v) is 32.9. The standard InChI is InChI=1S/C13H16N2O3S.C13H15NO.C12H12ClNO3S.C12H14N2O3S.C12H12NO3S.Li/c1-8-7-11(19(16,17)14-3)13(18-4)12-10(8)6-5-9(2)15-12;1-8-7-9(2)13(15-4)12-11(8)6-5-10(3)14-12;1-7-6-10(18(13,15)16)12(17-3)11-9(7)5-4-8(2)14-11;1-7-6-10(18(16,17)13-3)12(15)11-9(7)5-4-8(2)14-11;1-7-6-10(17(14)15)12(16-3)11-9(7)5-4-8(2)13-11;/h5-7,14H,1-4H3;5-7H,1-4H3;4-6H,1-3H3;4-6,13,15H,1-3H3;4-6H,1-3H3;/q;;;;-1;+1. The number of aromatic hydroxyl groups is 1. The van der Waals surface area contributed by atoms with E-state index in [2.05, 4.69) is 60.3 Å². The average Bonchev–Trinajstić information content (AvgIpc) is 1.37. The van der Waals surface area contributed by atoms with Crippen molar-refractivity contribution in [2.45, 2.75) is 95.7 Å². The van der Waals surface area contributed by atoms with Gasteiger partial charge in [-0.25, -0.2) is 59.6 Å². The van der Waals surface area contributed by atoms with Crippen LogP contribution in [0.25, 0.3) is 54.5 Å². The molecule has 462 valence electrons. The van der Waals surface area contributed by atoms with E-state index in [9.17, 15) is 38.8 Å². The Labute approximate surface area is 532 Å². The van der Waals surface area contributed by atoms with Gasteiger partial charge in [0.15, 0.2) is 17.2 Å². The predicted molar refractivity (Wildman–Crippen MR) is 341 cm³/mol. The number of ether oxygens (including phenoxy) is 4. The molecule has 0 aliphatic carbocycles. The summed E-state index contributed by atoms with van der Waals surface area (Å²) in [5.74, 6) is 1.35. The van der Waals surface area contributed by atoms with Crippen LogP contribution in [0.5, 0.6) is 28.7 Å². The molecule has 0 bridgehead atoms. The van der Waals surface area contributed by atoms with Crippen LogP contribution in [0.2, 0.25) is 0 Å². The van der Waals surface area contributed by atoms with Crippen LogP contribution in [0.3, 0.4) is 0 Å². The molecule has 0 saturated heterocycles. The molecule has 0 aliphatic heterocycles. The zero-order valence-electron chi connectivity index (χ0n) is 52.3. The van der Waals surface area contributed by atoms with Crippen molar-refractivity contribution in [2.24, 2.45) is 0 Å². The number of nitrogens with one attached hydrogen (secondary N) is 2. The molecule has 0 unspecified atom stereocenters. The number of hydrogen-bond acceptors (Lipinski definition) is 19. The van der Waals surface area contributed by atoms with Crippen molar-refractivity contribution in [3.8, 4) is 28.7 Å². The molecule has 10 aromatic rings. The van der Waals surface area contributed by atoms with Crippen LogP contribution in [0.4, 0.5) is 0 Å². The number of halogens is 1. The number of aromatic nitrogens is 5. The van der Waals surface area contributed by atoms with Crippen LogP contribution < -0.4 is 47.3 Å². The average molecular weight is 1290 g/mol. The molecule has 0 saturated carbocycles. The van der Waals surface area contributed by atoms with E-state index in [4.69, 9.17) is 29.6 Å². The minimum absolute atomic E-state index is 0. The van der Waals surface area contributed by atoms with Gasteiger partial charge in [-0.1, -0.05) is 42.5 Å². The van der Waals surface area contributed by atoms with E-state index in [0.717, 1.165) is 89.1 Å². The van der Waals surface area contributed by atoms with Gasteiger partial charge in [0, 0.05) is 66.1 Å². The molecule has 0 atom stereocenters. The third kappa shape index (κ3) is 15.8. The molecule has 5 aromatic heterocycles. The third-order valence-electron chi connectivity index (χ3n) is 13.8. The van der Waals surface area contributed by atoms with Gasteiger partial charge in [-0.3, -0.25) is 0 Å². The van der Waals surface area contributed by atoms with E-state index in [0.29, 0.717) is 27.8 Å². The summed E-state index contributed by atoms with van der Waals surface area (Å²) in [4.78, 5) is 21.9. The SMILES string of the molecule is CNS(=O)(=O)c1cc(C)c2ccc(C)nc2c1O.CNS(=O)(=O)c1cc(C)c2ccc(C)nc2c1OC.COc1c(C)cc(C)c2ccc(C)nc12.COc1c(S(=O)(=O)Cl)cc(C)c2ccc(C)nc12.COc1c([S-](=O)=O)cc(C)c2ccc(C)nc12.[Li+]. The van der Waals surface area contributed by atoms with E-state index in [-0.39, 0.29) is 55.7 Å². The summed E-state index contributed by atoms with van der Waals surface area (Å²) < 4.78 is 119. The number of hydrogen-bond donors (Lipinski definition) is 3. The van der Waals surface area contributed by atoms with Crippen molar-refractivity contribution in [2.75, 3.05) is 42.5 Å². The summed E-state index contributed by atoms with van der Waals surface area (Å²) in [5, 5.41) is 14.6. The van der Waals surface area contributed by atoms with Gasteiger partial charge in [0.1, 0.15) is 53.8 Å². The summed E-state index contributed by atoms with van der Waals surface area (Å²) in [5.41, 5.74) is 12.7. The minimum Gasteiger partial charge on any atom is -0.504 e. The molecule has 5 aromatic carbocycles. The molecule has 0 fully saturated rings. The second-order valence-corrected chi connectivity index (χ2v) is 27.2. The maximum absolute atomic E-state index is 12.0. The topological polar surface area (TPSA) is 282 Å². The summed E-state index contributed by atoms with van der Waals surface area (Å²) in [6.07, 6.45) is 0. The van der Waals surface area contributed by atoms with E-state index < -0.39 is 39.8 Å². The number of phenolic OH excluding ortho intramolecular Hbond substituents is 1. The summed E-state index contributed by atoms with van der Waals surface area (Å²) in [6.45, 7) is 20.8. The molecule has 0 radical (unpaired) electrons. The maximum atomic E-state index is 12.0. The number of sulfonamides is 2. The first-order valence-electron chi connectivity index (χ1n) is 26.6. The fourth-order valence-corrected chi connectivity index (χ4v) is 13.1.